The first kappa shape index (κ1) is 21.2. The Balaban J connectivity index is 1.70. The number of nitrogens with one attached hydrogen (secondary N) is 3. The van der Waals surface area contributed by atoms with E-state index in [0.29, 0.717) is 18.7 Å². The van der Waals surface area contributed by atoms with Gasteiger partial charge in [-0.1, -0.05) is 18.2 Å². The Morgan fingerprint density at radius 2 is 1.61 bits per heavy atom. The van der Waals surface area contributed by atoms with Crippen LogP contribution in [0.4, 0.5) is 5.69 Å². The molecule has 0 radical (unpaired) electrons. The number of anilines is 1. The van der Waals surface area contributed by atoms with Crippen LogP contribution < -0.4 is 25.0 Å². The lowest BCUT2D eigenvalue weighted by atomic mass is 10.1. The van der Waals surface area contributed by atoms with Crippen molar-refractivity contribution in [2.75, 3.05) is 46.2 Å². The summed E-state index contributed by atoms with van der Waals surface area (Å²) in [6, 6.07) is 14.8. The zero-order valence-corrected chi connectivity index (χ0v) is 16.6. The number of carbonyl (C=O) groups is 2. The van der Waals surface area contributed by atoms with E-state index in [1.54, 1.807) is 38.5 Å². The lowest BCUT2D eigenvalue weighted by Crippen LogP contribution is -3.11. The van der Waals surface area contributed by atoms with Crippen molar-refractivity contribution in [2.24, 2.45) is 0 Å². The second-order valence-corrected chi connectivity index (χ2v) is 6.50. The number of benzene rings is 2. The van der Waals surface area contributed by atoms with Crippen molar-refractivity contribution in [3.8, 4) is 11.5 Å². The van der Waals surface area contributed by atoms with Gasteiger partial charge in [-0.15, -0.1) is 0 Å². The normalized spacial score (nSPS) is 11.4. The van der Waals surface area contributed by atoms with Gasteiger partial charge in [0.1, 0.15) is 11.5 Å². The molecule has 1 unspecified atom stereocenters. The zero-order valence-electron chi connectivity index (χ0n) is 16.6. The molecular formula is C21H28N3O4+. The monoisotopic (exact) mass is 386 g/mol. The predicted octanol–water partition coefficient (Wildman–Crippen LogP) is 0.516. The van der Waals surface area contributed by atoms with Crippen LogP contribution >= 0.6 is 0 Å². The van der Waals surface area contributed by atoms with E-state index in [1.165, 1.54) is 0 Å². The Labute approximate surface area is 165 Å². The van der Waals surface area contributed by atoms with E-state index in [9.17, 15) is 9.59 Å². The molecule has 0 bridgehead atoms. The van der Waals surface area contributed by atoms with E-state index in [1.807, 2.05) is 31.3 Å². The van der Waals surface area contributed by atoms with Gasteiger partial charge in [-0.05, 0) is 42.3 Å². The molecule has 28 heavy (non-hydrogen) atoms. The summed E-state index contributed by atoms with van der Waals surface area (Å²) in [5.41, 5.74) is 1.74. The highest BCUT2D eigenvalue weighted by molar-refractivity contribution is 5.91. The second-order valence-electron chi connectivity index (χ2n) is 6.50. The molecule has 1 atom stereocenters. The fourth-order valence-corrected chi connectivity index (χ4v) is 2.80. The van der Waals surface area contributed by atoms with Crippen molar-refractivity contribution in [3.05, 3.63) is 54.1 Å². The summed E-state index contributed by atoms with van der Waals surface area (Å²) in [6.07, 6.45) is 0.687. The van der Waals surface area contributed by atoms with E-state index in [0.717, 1.165) is 22.0 Å². The first-order valence-corrected chi connectivity index (χ1v) is 9.15. The Morgan fingerprint density at radius 3 is 2.29 bits per heavy atom. The van der Waals surface area contributed by atoms with Crippen molar-refractivity contribution < 1.29 is 24.0 Å². The van der Waals surface area contributed by atoms with Gasteiger partial charge in [0.05, 0.1) is 21.3 Å². The minimum atomic E-state index is -0.149. The van der Waals surface area contributed by atoms with Gasteiger partial charge in [-0.3, -0.25) is 9.59 Å². The van der Waals surface area contributed by atoms with Crippen molar-refractivity contribution in [1.82, 2.24) is 5.32 Å². The van der Waals surface area contributed by atoms with Crippen LogP contribution in [0.15, 0.2) is 48.5 Å². The fourth-order valence-electron chi connectivity index (χ4n) is 2.80. The Hall–Kier alpha value is -3.06. The van der Waals surface area contributed by atoms with Gasteiger partial charge in [0.15, 0.2) is 13.1 Å². The number of methoxy groups -OCH3 is 2. The first-order valence-electron chi connectivity index (χ1n) is 9.15. The van der Waals surface area contributed by atoms with E-state index in [-0.39, 0.29) is 24.9 Å². The van der Waals surface area contributed by atoms with E-state index in [2.05, 4.69) is 10.6 Å². The van der Waals surface area contributed by atoms with Gasteiger partial charge in [-0.25, -0.2) is 0 Å². The Bertz CT molecular complexity index is 777. The molecule has 7 nitrogen and oxygen atoms in total. The summed E-state index contributed by atoms with van der Waals surface area (Å²) in [5, 5.41) is 5.70. The molecule has 0 saturated heterocycles. The molecule has 150 valence electrons. The first-order chi connectivity index (χ1) is 13.5. The molecule has 2 amide bonds. The molecule has 0 aromatic heterocycles. The number of rotatable bonds is 10. The molecule has 0 aliphatic rings. The minimum Gasteiger partial charge on any atom is -0.497 e. The summed E-state index contributed by atoms with van der Waals surface area (Å²) < 4.78 is 10.4. The van der Waals surface area contributed by atoms with Crippen LogP contribution in [0.5, 0.6) is 11.5 Å². The number of carbonyl (C=O) groups excluding carboxylic acids is 2. The molecule has 0 aliphatic heterocycles. The number of likely N-dealkylation sites (N-methyl/N-ethyl adjacent to an activating group) is 1. The molecule has 2 rings (SSSR count). The molecule has 2 aromatic rings. The largest absolute Gasteiger partial charge is 0.497 e. The van der Waals surface area contributed by atoms with Crippen molar-refractivity contribution in [3.63, 3.8) is 0 Å². The summed E-state index contributed by atoms with van der Waals surface area (Å²) >= 11 is 0. The van der Waals surface area contributed by atoms with Gasteiger partial charge in [0.2, 0.25) is 0 Å². The Morgan fingerprint density at radius 1 is 0.929 bits per heavy atom. The molecule has 0 spiro atoms. The maximum Gasteiger partial charge on any atom is 0.279 e. The van der Waals surface area contributed by atoms with Crippen LogP contribution in [0, 0.1) is 0 Å². The predicted molar refractivity (Wildman–Crippen MR) is 108 cm³/mol. The lowest BCUT2D eigenvalue weighted by Gasteiger charge is -2.14. The van der Waals surface area contributed by atoms with Gasteiger partial charge in [0.25, 0.3) is 11.8 Å². The number of quaternary nitrogens is 1. The molecule has 0 saturated carbocycles. The average molecular weight is 386 g/mol. The molecule has 0 aliphatic carbocycles. The van der Waals surface area contributed by atoms with Crippen molar-refractivity contribution in [1.29, 1.82) is 0 Å². The zero-order chi connectivity index (χ0) is 20.4. The highest BCUT2D eigenvalue weighted by atomic mass is 16.5. The maximum atomic E-state index is 12.1. The molecule has 2 aromatic carbocycles. The van der Waals surface area contributed by atoms with Gasteiger partial charge >= 0.3 is 0 Å². The van der Waals surface area contributed by atoms with Crippen LogP contribution in [0.25, 0.3) is 0 Å². The third-order valence-electron chi connectivity index (χ3n) is 4.21. The quantitative estimate of drug-likeness (QED) is 0.556. The Kier molecular flexibility index (Phi) is 8.30. The van der Waals surface area contributed by atoms with Crippen LogP contribution in [0.2, 0.25) is 0 Å². The number of ether oxygens (including phenoxy) is 2. The van der Waals surface area contributed by atoms with E-state index < -0.39 is 0 Å². The second kappa shape index (κ2) is 10.9. The molecular weight excluding hydrogens is 358 g/mol. The van der Waals surface area contributed by atoms with Crippen LogP contribution in [0.1, 0.15) is 5.56 Å². The number of hydrogen-bond acceptors (Lipinski definition) is 4. The maximum absolute atomic E-state index is 12.1. The summed E-state index contributed by atoms with van der Waals surface area (Å²) in [5.74, 6) is 1.30. The van der Waals surface area contributed by atoms with Crippen LogP contribution in [-0.2, 0) is 16.0 Å². The summed E-state index contributed by atoms with van der Waals surface area (Å²) in [4.78, 5) is 25.0. The number of para-hydroxylation sites is 1. The molecule has 0 fully saturated rings. The third-order valence-corrected chi connectivity index (χ3v) is 4.21. The van der Waals surface area contributed by atoms with E-state index in [4.69, 9.17) is 9.47 Å². The molecule has 3 N–H and O–H groups in total. The molecule has 7 heteroatoms. The third kappa shape index (κ3) is 6.92. The minimum absolute atomic E-state index is 0.0929. The fraction of sp³-hybridized carbons (Fsp3) is 0.333. The SMILES string of the molecule is COc1ccc(NC(=O)C[NH+](C)CC(=O)NCCc2ccccc2OC)cc1. The topological polar surface area (TPSA) is 81.1 Å². The highest BCUT2D eigenvalue weighted by Crippen LogP contribution is 2.17. The van der Waals surface area contributed by atoms with Gasteiger partial charge < -0.3 is 25.0 Å². The van der Waals surface area contributed by atoms with Crippen LogP contribution in [0.3, 0.4) is 0 Å². The summed E-state index contributed by atoms with van der Waals surface area (Å²) in [7, 11) is 5.04. The smallest absolute Gasteiger partial charge is 0.279 e. The van der Waals surface area contributed by atoms with Crippen molar-refractivity contribution >= 4 is 17.5 Å². The van der Waals surface area contributed by atoms with Gasteiger partial charge in [0, 0.05) is 12.2 Å². The summed E-state index contributed by atoms with van der Waals surface area (Å²) in [6.45, 7) is 0.943. The van der Waals surface area contributed by atoms with Crippen LogP contribution in [-0.4, -0.2) is 52.7 Å². The standard InChI is InChI=1S/C21H27N3O4/c1-24(15-21(26)23-17-8-10-18(27-2)11-9-17)14-20(25)22-13-12-16-6-4-5-7-19(16)28-3/h4-11H,12-15H2,1-3H3,(H,22,25)(H,23,26)/p+1. The van der Waals surface area contributed by atoms with Gasteiger partial charge in [-0.2, -0.15) is 0 Å². The highest BCUT2D eigenvalue weighted by Gasteiger charge is 2.14. The molecule has 0 heterocycles. The van der Waals surface area contributed by atoms with Crippen molar-refractivity contribution in [2.45, 2.75) is 6.42 Å². The number of hydrogen-bond donors (Lipinski definition) is 3. The number of amides is 2. The lowest BCUT2D eigenvalue weighted by molar-refractivity contribution is -0.862. The average Bonchev–Trinajstić information content (AvgIpc) is 2.68. The van der Waals surface area contributed by atoms with E-state index >= 15 is 0 Å².